The maximum atomic E-state index is 7.32. The summed E-state index contributed by atoms with van der Waals surface area (Å²) >= 11 is 0. The highest BCUT2D eigenvalue weighted by atomic mass is 31.2. The molecule has 3 unspecified atom stereocenters. The standard InChI is InChI=1S/C57H63N4O9P.C9H21N4P.C2H3N/c1-62-52-31-43-28-47-35-56-54(64-3)33-45(47)30-48-36-57-53(63-2)32-44(48)29-46(43)34-55(52)68-22-19-65-49-10-4-7-40(25-49)37-59-16-13-58-14-17-60(38-41-8-5-11-50(26-41)66-20-23-69-56)71(59)61(18-15-58)39-42-9-6-12-51(27-42)67-21-24-70-57;1-10-4-7-13-8-5-11(2)14(10)12(3)6-9-13;1-2-3/h4-12,25-27,31-36H,13-24,28-30,37-39H2,1-3H3;4-9H2,1-3H3;1H3. The van der Waals surface area contributed by atoms with Crippen molar-refractivity contribution in [2.75, 3.05) is 161 Å². The van der Waals surface area contributed by atoms with E-state index in [4.69, 9.17) is 47.9 Å². The second-order valence-electron chi connectivity index (χ2n) is 23.1. The lowest BCUT2D eigenvalue weighted by molar-refractivity contribution is 0.159. The summed E-state index contributed by atoms with van der Waals surface area (Å²) < 4.78 is 72.9. The van der Waals surface area contributed by atoms with Crippen molar-refractivity contribution in [3.63, 3.8) is 0 Å². The molecular weight excluding hydrogens is 1150 g/mol. The van der Waals surface area contributed by atoms with Crippen molar-refractivity contribution in [3.05, 3.63) is 159 Å². The van der Waals surface area contributed by atoms with E-state index in [2.05, 4.69) is 150 Å². The third-order valence-electron chi connectivity index (χ3n) is 17.1. The molecule has 0 saturated carbocycles. The molecule has 6 saturated heterocycles. The molecule has 13 aliphatic rings. The molecule has 19 rings (SSSR count). The van der Waals surface area contributed by atoms with Crippen LogP contribution in [0.1, 0.15) is 57.0 Å². The second kappa shape index (κ2) is 30.4. The topological polar surface area (TPSA) is 133 Å². The number of methoxy groups -OCH3 is 3. The lowest BCUT2D eigenvalue weighted by atomic mass is 9.94. The zero-order chi connectivity index (χ0) is 60.9. The van der Waals surface area contributed by atoms with E-state index in [1.165, 1.54) is 62.9 Å². The smallest absolute Gasteiger partial charge is 0.161 e. The van der Waals surface area contributed by atoms with Crippen LogP contribution in [-0.2, 0) is 38.9 Å². The Labute approximate surface area is 523 Å². The van der Waals surface area contributed by atoms with Gasteiger partial charge in [0.2, 0.25) is 0 Å². The number of benzene rings is 6. The first-order valence-electron chi connectivity index (χ1n) is 30.9. The highest BCUT2D eigenvalue weighted by Gasteiger charge is 2.37. The van der Waals surface area contributed by atoms with Crippen LogP contribution < -0.4 is 42.6 Å². The van der Waals surface area contributed by atoms with Crippen LogP contribution in [-0.4, -0.2) is 198 Å². The summed E-state index contributed by atoms with van der Waals surface area (Å²) in [4.78, 5) is 5.21. The molecule has 22 bridgehead atoms. The van der Waals surface area contributed by atoms with E-state index in [0.29, 0.717) is 93.4 Å². The van der Waals surface area contributed by atoms with E-state index in [1.54, 1.807) is 27.4 Å². The van der Waals surface area contributed by atoms with E-state index in [-0.39, 0.29) is 8.37 Å². The lowest BCUT2D eigenvalue weighted by Gasteiger charge is -2.50. The van der Waals surface area contributed by atoms with Crippen molar-refractivity contribution in [1.29, 1.82) is 5.26 Å². The number of hydrogen-bond acceptors (Lipinski definition) is 18. The van der Waals surface area contributed by atoms with Crippen molar-refractivity contribution in [3.8, 4) is 57.8 Å². The summed E-state index contributed by atoms with van der Waals surface area (Å²) in [5, 5.41) is 7.32. The highest BCUT2D eigenvalue weighted by molar-refractivity contribution is 7.50. The Hall–Kier alpha value is -6.45. The molecule has 0 radical (unpaired) electrons. The Bertz CT molecular complexity index is 3020. The Kier molecular flexibility index (Phi) is 21.8. The van der Waals surface area contributed by atoms with Crippen molar-refractivity contribution >= 4 is 16.7 Å². The Morgan fingerprint density at radius 1 is 0.375 bits per heavy atom. The monoisotopic (exact) mass is 1240 g/mol. The van der Waals surface area contributed by atoms with Gasteiger partial charge < -0.3 is 42.6 Å². The van der Waals surface area contributed by atoms with Gasteiger partial charge in [0.25, 0.3) is 0 Å². The fraction of sp³-hybridized carbons (Fsp3) is 0.456. The van der Waals surface area contributed by atoms with Gasteiger partial charge in [-0.05, 0) is 163 Å². The minimum absolute atomic E-state index is 0.188. The zero-order valence-electron chi connectivity index (χ0n) is 52.5. The van der Waals surface area contributed by atoms with Crippen LogP contribution in [0.25, 0.3) is 0 Å². The molecule has 18 nitrogen and oxygen atoms in total. The number of nitrogens with zero attached hydrogens (tertiary/aromatic N) is 9. The van der Waals surface area contributed by atoms with Gasteiger partial charge in [0.05, 0.1) is 27.4 Å². The number of likely N-dealkylation sites (N-methyl/N-ethyl adjacent to an activating group) is 3. The molecule has 20 heteroatoms. The van der Waals surface area contributed by atoms with Crippen LogP contribution in [0.15, 0.2) is 109 Å². The normalized spacial score (nSPS) is 24.0. The second-order valence-corrected chi connectivity index (χ2v) is 27.9. The van der Waals surface area contributed by atoms with Gasteiger partial charge in [0.15, 0.2) is 34.5 Å². The zero-order valence-corrected chi connectivity index (χ0v) is 54.2. The molecule has 6 aromatic carbocycles. The molecule has 468 valence electrons. The minimum Gasteiger partial charge on any atom is -0.493 e. The molecule has 88 heavy (non-hydrogen) atoms. The number of rotatable bonds is 3. The SMILES string of the molecule is CC#N.CN1CCN2CCN(C)P1N(C)CC2.COc1cc2c3cc1OCCOc1cccc(c1)CN1CCN4CCN5Cc6cccc(c6)OCCOc6cc(c(cc6OC)C3)Cc3cc(OC)c(cc3C2)OCCOc2cccc(c2)CN(CC4)P15. The Morgan fingerprint density at radius 2 is 0.659 bits per heavy atom. The summed E-state index contributed by atoms with van der Waals surface area (Å²) in [6.07, 6.45) is 1.89. The van der Waals surface area contributed by atoms with Crippen molar-refractivity contribution in [1.82, 2.24) is 37.8 Å². The van der Waals surface area contributed by atoms with Crippen LogP contribution in [0.2, 0.25) is 0 Å². The molecule has 12 heterocycles. The molecule has 0 amide bonds. The average molecular weight is 1240 g/mol. The fourth-order valence-electron chi connectivity index (χ4n) is 12.7. The summed E-state index contributed by atoms with van der Waals surface area (Å²) in [6, 6.07) is 40.2. The number of hydrogen-bond donors (Lipinski definition) is 0. The number of nitriles is 1. The van der Waals surface area contributed by atoms with Crippen molar-refractivity contribution < 1.29 is 42.6 Å². The minimum atomic E-state index is -0.941. The first-order chi connectivity index (χ1) is 43.0. The predicted molar refractivity (Wildman–Crippen MR) is 347 cm³/mol. The lowest BCUT2D eigenvalue weighted by Crippen LogP contribution is -2.51. The van der Waals surface area contributed by atoms with Crippen LogP contribution in [0.3, 0.4) is 0 Å². The van der Waals surface area contributed by atoms with E-state index >= 15 is 0 Å². The van der Waals surface area contributed by atoms with Crippen molar-refractivity contribution in [2.24, 2.45) is 0 Å². The largest absolute Gasteiger partial charge is 0.493 e. The molecule has 0 N–H and O–H groups in total. The number of fused-ring (bicyclic) bond motifs is 12. The Balaban J connectivity index is 0.000000408. The first kappa shape index (κ1) is 63.1. The van der Waals surface area contributed by atoms with Gasteiger partial charge in [-0.25, -0.2) is 0 Å². The summed E-state index contributed by atoms with van der Waals surface area (Å²) in [7, 11) is 10.7. The third-order valence-corrected chi connectivity index (χ3v) is 22.1. The summed E-state index contributed by atoms with van der Waals surface area (Å²) in [5.41, 5.74) is 10.3. The first-order valence-corrected chi connectivity index (χ1v) is 33.3. The van der Waals surface area contributed by atoms with Gasteiger partial charge in [-0.15, -0.1) is 0 Å². The van der Waals surface area contributed by atoms with Crippen molar-refractivity contribution in [2.45, 2.75) is 45.8 Å². The third kappa shape index (κ3) is 15.7. The van der Waals surface area contributed by atoms with Crippen LogP contribution in [0.4, 0.5) is 0 Å². The highest BCUT2D eigenvalue weighted by Crippen LogP contribution is 2.52. The molecule has 6 fully saturated rings. The van der Waals surface area contributed by atoms with E-state index in [1.807, 2.05) is 18.2 Å². The molecular formula is C68H87N9O9P2. The summed E-state index contributed by atoms with van der Waals surface area (Å²) in [5.74, 6) is 6.43. The molecule has 0 aromatic heterocycles. The van der Waals surface area contributed by atoms with E-state index < -0.39 is 8.37 Å². The summed E-state index contributed by atoms with van der Waals surface area (Å²) in [6.45, 7) is 19.1. The Morgan fingerprint density at radius 3 is 0.966 bits per heavy atom. The maximum Gasteiger partial charge on any atom is 0.161 e. The van der Waals surface area contributed by atoms with Crippen LogP contribution in [0.5, 0.6) is 51.7 Å². The van der Waals surface area contributed by atoms with E-state index in [9.17, 15) is 0 Å². The van der Waals surface area contributed by atoms with Gasteiger partial charge >= 0.3 is 0 Å². The average Bonchev–Trinajstić information content (AvgIpc) is 2.48. The molecule has 6 aromatic rings. The predicted octanol–water partition coefficient (Wildman–Crippen LogP) is 10.0. The molecule has 12 aliphatic heterocycles. The molecule has 3 atom stereocenters. The van der Waals surface area contributed by atoms with Gasteiger partial charge in [0.1, 0.15) is 73.6 Å². The number of ether oxygens (including phenoxy) is 9. The maximum absolute atomic E-state index is 7.32. The molecule has 1 aliphatic carbocycles. The quantitative estimate of drug-likeness (QED) is 0.155. The fourth-order valence-corrected chi connectivity index (χ4v) is 17.8. The van der Waals surface area contributed by atoms with Gasteiger partial charge in [-0.2, -0.15) is 5.26 Å². The van der Waals surface area contributed by atoms with Gasteiger partial charge in [-0.3, -0.25) is 37.8 Å². The van der Waals surface area contributed by atoms with Gasteiger partial charge in [-0.1, -0.05) is 36.4 Å². The van der Waals surface area contributed by atoms with E-state index in [0.717, 1.165) is 110 Å². The van der Waals surface area contributed by atoms with Crippen LogP contribution >= 0.6 is 16.7 Å². The van der Waals surface area contributed by atoms with Crippen LogP contribution in [0, 0.1) is 11.3 Å². The molecule has 0 spiro atoms. The van der Waals surface area contributed by atoms with Gasteiger partial charge in [0, 0.05) is 105 Å².